The first kappa shape index (κ1) is 12.3. The first-order valence-corrected chi connectivity index (χ1v) is 6.38. The van der Waals surface area contributed by atoms with E-state index in [2.05, 4.69) is 22.9 Å². The third-order valence-corrected chi connectivity index (χ3v) is 2.91. The second-order valence-corrected chi connectivity index (χ2v) is 4.33. The van der Waals surface area contributed by atoms with Crippen molar-refractivity contribution >= 4 is 11.8 Å². The number of hydrogen-bond acceptors (Lipinski definition) is 3. The van der Waals surface area contributed by atoms with Crippen LogP contribution in [-0.2, 0) is 6.42 Å². The van der Waals surface area contributed by atoms with Gasteiger partial charge in [-0.3, -0.25) is 4.98 Å². The number of hydrogen-bond donors (Lipinski definition) is 1. The number of rotatable bonds is 8. The molecule has 1 aromatic heterocycles. The van der Waals surface area contributed by atoms with E-state index in [1.54, 1.807) is 0 Å². The van der Waals surface area contributed by atoms with Crippen molar-refractivity contribution < 1.29 is 0 Å². The molecule has 82 valence electrons. The van der Waals surface area contributed by atoms with Gasteiger partial charge in [0, 0.05) is 42.9 Å². The van der Waals surface area contributed by atoms with Gasteiger partial charge in [0.1, 0.15) is 0 Å². The van der Waals surface area contributed by atoms with Crippen LogP contribution >= 0.6 is 11.8 Å². The Kier molecular flexibility index (Phi) is 6.96. The molecule has 0 aliphatic carbocycles. The van der Waals surface area contributed by atoms with Gasteiger partial charge < -0.3 is 5.32 Å². The molecule has 0 atom stereocenters. The Bertz CT molecular complexity index is 262. The Morgan fingerprint density at radius 1 is 1.40 bits per heavy atom. The summed E-state index contributed by atoms with van der Waals surface area (Å²) in [5.74, 6) is 2.19. The molecule has 15 heavy (non-hydrogen) atoms. The summed E-state index contributed by atoms with van der Waals surface area (Å²) in [6, 6.07) is 6.04. The van der Waals surface area contributed by atoms with Gasteiger partial charge in [-0.05, 0) is 12.1 Å². The lowest BCUT2D eigenvalue weighted by molar-refractivity contribution is 0.712. The van der Waals surface area contributed by atoms with E-state index in [9.17, 15) is 0 Å². The number of nitrogens with zero attached hydrogens (tertiary/aromatic N) is 1. The Morgan fingerprint density at radius 3 is 3.07 bits per heavy atom. The molecule has 0 aromatic carbocycles. The monoisotopic (exact) mass is 222 g/mol. The van der Waals surface area contributed by atoms with E-state index >= 15 is 0 Å². The number of aromatic nitrogens is 1. The van der Waals surface area contributed by atoms with Gasteiger partial charge in [0.2, 0.25) is 0 Å². The average Bonchev–Trinajstić information content (AvgIpc) is 2.29. The molecule has 0 unspecified atom stereocenters. The van der Waals surface area contributed by atoms with E-state index in [4.69, 9.17) is 0 Å². The Balaban J connectivity index is 1.95. The van der Waals surface area contributed by atoms with Crippen LogP contribution in [0.5, 0.6) is 0 Å². The van der Waals surface area contributed by atoms with Crippen LogP contribution in [-0.4, -0.2) is 29.6 Å². The molecule has 0 radical (unpaired) electrons. The van der Waals surface area contributed by atoms with Gasteiger partial charge in [0.25, 0.3) is 0 Å². The zero-order valence-corrected chi connectivity index (χ0v) is 9.80. The molecule has 1 rings (SSSR count). The molecule has 0 fully saturated rings. The van der Waals surface area contributed by atoms with Crippen LogP contribution in [0.1, 0.15) is 5.69 Å². The molecule has 0 aliphatic heterocycles. The predicted octanol–water partition coefficient (Wildman–Crippen LogP) is 2.13. The van der Waals surface area contributed by atoms with Crippen LogP contribution in [0.4, 0.5) is 0 Å². The fourth-order valence-corrected chi connectivity index (χ4v) is 1.82. The minimum atomic E-state index is 1.01. The van der Waals surface area contributed by atoms with E-state index in [0.717, 1.165) is 36.7 Å². The van der Waals surface area contributed by atoms with E-state index in [1.807, 2.05) is 36.2 Å². The molecule has 0 saturated carbocycles. The van der Waals surface area contributed by atoms with Crippen molar-refractivity contribution in [2.24, 2.45) is 0 Å². The summed E-state index contributed by atoms with van der Waals surface area (Å²) < 4.78 is 0. The summed E-state index contributed by atoms with van der Waals surface area (Å²) in [5, 5.41) is 3.40. The summed E-state index contributed by atoms with van der Waals surface area (Å²) in [4.78, 5) is 4.27. The third kappa shape index (κ3) is 6.31. The number of thioether (sulfide) groups is 1. The van der Waals surface area contributed by atoms with Crippen LogP contribution in [0.2, 0.25) is 0 Å². The molecule has 0 bridgehead atoms. The maximum atomic E-state index is 4.27. The van der Waals surface area contributed by atoms with E-state index in [1.165, 1.54) is 0 Å². The van der Waals surface area contributed by atoms with E-state index in [0.29, 0.717) is 0 Å². The van der Waals surface area contributed by atoms with Gasteiger partial charge in [-0.2, -0.15) is 11.8 Å². The van der Waals surface area contributed by atoms with Gasteiger partial charge in [-0.25, -0.2) is 0 Å². The van der Waals surface area contributed by atoms with Crippen molar-refractivity contribution in [3.05, 3.63) is 42.7 Å². The zero-order valence-electron chi connectivity index (χ0n) is 8.98. The van der Waals surface area contributed by atoms with Crippen molar-refractivity contribution in [1.29, 1.82) is 0 Å². The van der Waals surface area contributed by atoms with Crippen molar-refractivity contribution in [3.8, 4) is 0 Å². The normalized spacial score (nSPS) is 10.1. The van der Waals surface area contributed by atoms with Gasteiger partial charge >= 0.3 is 0 Å². The fraction of sp³-hybridized carbons (Fsp3) is 0.417. The van der Waals surface area contributed by atoms with Crippen LogP contribution in [0, 0.1) is 0 Å². The summed E-state index contributed by atoms with van der Waals surface area (Å²) in [5.41, 5.74) is 1.16. The highest BCUT2D eigenvalue weighted by Gasteiger charge is 1.92. The molecule has 0 amide bonds. The maximum absolute atomic E-state index is 4.27. The first-order valence-electron chi connectivity index (χ1n) is 5.22. The van der Waals surface area contributed by atoms with Crippen molar-refractivity contribution in [2.75, 3.05) is 24.6 Å². The third-order valence-electron chi connectivity index (χ3n) is 1.94. The van der Waals surface area contributed by atoms with Crippen molar-refractivity contribution in [1.82, 2.24) is 10.3 Å². The summed E-state index contributed by atoms with van der Waals surface area (Å²) in [7, 11) is 0. The molecular weight excluding hydrogens is 204 g/mol. The fourth-order valence-electron chi connectivity index (χ4n) is 1.20. The van der Waals surface area contributed by atoms with E-state index in [-0.39, 0.29) is 0 Å². The van der Waals surface area contributed by atoms with Crippen LogP contribution < -0.4 is 5.32 Å². The molecule has 0 aliphatic rings. The Labute approximate surface area is 96.2 Å². The second-order valence-electron chi connectivity index (χ2n) is 3.18. The zero-order chi connectivity index (χ0) is 10.8. The molecule has 1 heterocycles. The van der Waals surface area contributed by atoms with Crippen LogP contribution in [0.3, 0.4) is 0 Å². The van der Waals surface area contributed by atoms with Gasteiger partial charge in [0.15, 0.2) is 0 Å². The van der Waals surface area contributed by atoms with Crippen molar-refractivity contribution in [2.45, 2.75) is 6.42 Å². The smallest absolute Gasteiger partial charge is 0.0416 e. The summed E-state index contributed by atoms with van der Waals surface area (Å²) in [6.07, 6.45) is 4.79. The Morgan fingerprint density at radius 2 is 2.33 bits per heavy atom. The summed E-state index contributed by atoms with van der Waals surface area (Å²) >= 11 is 1.90. The Hall–Kier alpha value is -0.800. The lowest BCUT2D eigenvalue weighted by Gasteiger charge is -2.03. The lowest BCUT2D eigenvalue weighted by Crippen LogP contribution is -2.20. The standard InChI is InChI=1S/C12H18N2S/c1-2-10-15-11-9-13-8-6-12-5-3-4-7-14-12/h2-5,7,13H,1,6,8-11H2. The quantitative estimate of drug-likeness (QED) is 0.539. The topological polar surface area (TPSA) is 24.9 Å². The number of pyridine rings is 1. The molecule has 0 spiro atoms. The highest BCUT2D eigenvalue weighted by Crippen LogP contribution is 1.97. The van der Waals surface area contributed by atoms with Gasteiger partial charge in [-0.1, -0.05) is 12.1 Å². The van der Waals surface area contributed by atoms with Crippen LogP contribution in [0.15, 0.2) is 37.1 Å². The highest BCUT2D eigenvalue weighted by molar-refractivity contribution is 7.99. The van der Waals surface area contributed by atoms with Crippen LogP contribution in [0.25, 0.3) is 0 Å². The van der Waals surface area contributed by atoms with Gasteiger partial charge in [0.05, 0.1) is 0 Å². The van der Waals surface area contributed by atoms with Crippen molar-refractivity contribution in [3.63, 3.8) is 0 Å². The minimum Gasteiger partial charge on any atom is -0.316 e. The first-order chi connectivity index (χ1) is 7.43. The van der Waals surface area contributed by atoms with Gasteiger partial charge in [-0.15, -0.1) is 6.58 Å². The molecule has 1 N–H and O–H groups in total. The van der Waals surface area contributed by atoms with E-state index < -0.39 is 0 Å². The molecule has 0 saturated heterocycles. The number of nitrogens with one attached hydrogen (secondary N) is 1. The lowest BCUT2D eigenvalue weighted by atomic mass is 10.3. The molecule has 3 heteroatoms. The summed E-state index contributed by atoms with van der Waals surface area (Å²) in [6.45, 7) is 5.75. The minimum absolute atomic E-state index is 1.01. The SMILES string of the molecule is C=CCSCCNCCc1ccccn1. The largest absolute Gasteiger partial charge is 0.316 e. The maximum Gasteiger partial charge on any atom is 0.0416 e. The average molecular weight is 222 g/mol. The molecular formula is C12H18N2S. The predicted molar refractivity (Wildman–Crippen MR) is 68.3 cm³/mol. The second kappa shape index (κ2) is 8.50. The molecule has 1 aromatic rings. The molecule has 2 nitrogen and oxygen atoms in total. The highest BCUT2D eigenvalue weighted by atomic mass is 32.2.